The molecule has 2 aromatic heterocycles. The van der Waals surface area contributed by atoms with Crippen LogP contribution in [0.1, 0.15) is 12.7 Å². The highest BCUT2D eigenvalue weighted by Gasteiger charge is 2.20. The fourth-order valence-corrected chi connectivity index (χ4v) is 2.73. The fraction of sp³-hybridized carbons (Fsp3) is 0.200. The normalized spacial score (nSPS) is 12.1. The predicted molar refractivity (Wildman–Crippen MR) is 86.0 cm³/mol. The second kappa shape index (κ2) is 7.26. The van der Waals surface area contributed by atoms with Crippen molar-refractivity contribution in [1.82, 2.24) is 20.2 Å². The summed E-state index contributed by atoms with van der Waals surface area (Å²) < 4.78 is 20.4. The van der Waals surface area contributed by atoms with Gasteiger partial charge in [0.15, 0.2) is 0 Å². The minimum absolute atomic E-state index is 0.144. The molecule has 1 amide bonds. The van der Waals surface area contributed by atoms with Gasteiger partial charge in [-0.1, -0.05) is 23.9 Å². The van der Waals surface area contributed by atoms with Crippen molar-refractivity contribution < 1.29 is 13.6 Å². The summed E-state index contributed by atoms with van der Waals surface area (Å²) in [4.78, 5) is 12.2. The highest BCUT2D eigenvalue weighted by atomic mass is 32.2. The van der Waals surface area contributed by atoms with Crippen LogP contribution >= 0.6 is 11.8 Å². The zero-order chi connectivity index (χ0) is 16.9. The van der Waals surface area contributed by atoms with Gasteiger partial charge in [0.25, 0.3) is 0 Å². The van der Waals surface area contributed by atoms with Gasteiger partial charge >= 0.3 is 0 Å². The maximum absolute atomic E-state index is 13.6. The molecule has 3 aromatic rings. The van der Waals surface area contributed by atoms with E-state index in [-0.39, 0.29) is 11.6 Å². The molecule has 2 heterocycles. The zero-order valence-electron chi connectivity index (χ0n) is 12.7. The molecule has 0 spiro atoms. The zero-order valence-corrected chi connectivity index (χ0v) is 13.5. The lowest BCUT2D eigenvalue weighted by molar-refractivity contribution is -0.115. The first-order valence-electron chi connectivity index (χ1n) is 7.14. The number of nitrogens with one attached hydrogen (secondary N) is 1. The van der Waals surface area contributed by atoms with E-state index >= 15 is 0 Å². The van der Waals surface area contributed by atoms with Gasteiger partial charge in [-0.25, -0.2) is 9.07 Å². The van der Waals surface area contributed by atoms with Crippen molar-refractivity contribution in [3.63, 3.8) is 0 Å². The van der Waals surface area contributed by atoms with Gasteiger partial charge in [0, 0.05) is 0 Å². The van der Waals surface area contributed by atoms with E-state index in [2.05, 4.69) is 20.8 Å². The molecule has 7 nitrogen and oxygen atoms in total. The number of rotatable bonds is 6. The van der Waals surface area contributed by atoms with Crippen LogP contribution in [0.25, 0.3) is 0 Å². The Morgan fingerprint density at radius 3 is 2.96 bits per heavy atom. The monoisotopic (exact) mass is 347 g/mol. The predicted octanol–water partition coefficient (Wildman–Crippen LogP) is 2.57. The van der Waals surface area contributed by atoms with Crippen molar-refractivity contribution in [2.24, 2.45) is 0 Å². The molecule has 0 aliphatic carbocycles. The molecule has 9 heteroatoms. The number of benzene rings is 1. The summed E-state index contributed by atoms with van der Waals surface area (Å²) in [6, 6.07) is 9.59. The topological polar surface area (TPSA) is 85.8 Å². The van der Waals surface area contributed by atoms with Gasteiger partial charge in [-0.15, -0.1) is 5.10 Å². The molecule has 0 saturated heterocycles. The molecule has 0 radical (unpaired) electrons. The lowest BCUT2D eigenvalue weighted by Crippen LogP contribution is -2.23. The van der Waals surface area contributed by atoms with Crippen molar-refractivity contribution in [2.75, 3.05) is 5.32 Å². The number of amides is 1. The highest BCUT2D eigenvalue weighted by Crippen LogP contribution is 2.23. The molecular formula is C15H14FN5O2S. The van der Waals surface area contributed by atoms with Crippen LogP contribution in [0.3, 0.4) is 0 Å². The lowest BCUT2D eigenvalue weighted by Gasteiger charge is -2.11. The van der Waals surface area contributed by atoms with Gasteiger partial charge in [0.1, 0.15) is 18.1 Å². The Bertz CT molecular complexity index is 821. The molecule has 1 aromatic carbocycles. The number of nitrogens with zero attached hydrogens (tertiary/aromatic N) is 4. The number of furan rings is 1. The summed E-state index contributed by atoms with van der Waals surface area (Å²) >= 11 is 1.18. The second-order valence-electron chi connectivity index (χ2n) is 4.93. The molecule has 1 N–H and O–H groups in total. The molecule has 3 rings (SSSR count). The van der Waals surface area contributed by atoms with Crippen LogP contribution in [-0.2, 0) is 11.3 Å². The fourth-order valence-electron chi connectivity index (χ4n) is 1.94. The molecule has 1 atom stereocenters. The van der Waals surface area contributed by atoms with Gasteiger partial charge in [-0.3, -0.25) is 4.79 Å². The summed E-state index contributed by atoms with van der Waals surface area (Å²) in [6.07, 6.45) is 1.57. The van der Waals surface area contributed by atoms with Crippen LogP contribution in [0.4, 0.5) is 10.1 Å². The van der Waals surface area contributed by atoms with Crippen LogP contribution in [0.5, 0.6) is 0 Å². The Kier molecular flexibility index (Phi) is 4.90. The number of para-hydroxylation sites is 1. The minimum atomic E-state index is -0.508. The standard InChI is InChI=1S/C15H14FN5O2S/c1-10(14(22)17-13-7-3-2-6-12(13)16)24-15-18-19-20-21(15)9-11-5-4-8-23-11/h2-8,10H,9H2,1H3,(H,17,22). The van der Waals surface area contributed by atoms with E-state index in [0.29, 0.717) is 17.5 Å². The number of halogens is 1. The van der Waals surface area contributed by atoms with Gasteiger partial charge in [-0.05, 0) is 41.6 Å². The van der Waals surface area contributed by atoms with Gasteiger partial charge in [0.05, 0.1) is 17.2 Å². The van der Waals surface area contributed by atoms with Crippen molar-refractivity contribution in [3.8, 4) is 0 Å². The quantitative estimate of drug-likeness (QED) is 0.690. The number of hydrogen-bond acceptors (Lipinski definition) is 6. The van der Waals surface area contributed by atoms with E-state index < -0.39 is 11.1 Å². The van der Waals surface area contributed by atoms with E-state index in [4.69, 9.17) is 4.42 Å². The first kappa shape index (κ1) is 16.2. The maximum atomic E-state index is 13.6. The molecule has 24 heavy (non-hydrogen) atoms. The van der Waals surface area contributed by atoms with Crippen molar-refractivity contribution >= 4 is 23.4 Å². The largest absolute Gasteiger partial charge is 0.467 e. The summed E-state index contributed by atoms with van der Waals surface area (Å²) in [5, 5.41) is 13.9. The van der Waals surface area contributed by atoms with E-state index in [1.807, 2.05) is 6.07 Å². The van der Waals surface area contributed by atoms with Gasteiger partial charge in [-0.2, -0.15) is 0 Å². The first-order valence-corrected chi connectivity index (χ1v) is 8.02. The molecule has 0 aliphatic rings. The summed E-state index contributed by atoms with van der Waals surface area (Å²) in [5.74, 6) is -0.115. The Hall–Kier alpha value is -2.68. The lowest BCUT2D eigenvalue weighted by atomic mass is 10.3. The molecule has 0 bridgehead atoms. The third-order valence-corrected chi connectivity index (χ3v) is 4.24. The van der Waals surface area contributed by atoms with Crippen LogP contribution in [0, 0.1) is 5.82 Å². The van der Waals surface area contributed by atoms with Crippen LogP contribution in [0.2, 0.25) is 0 Å². The SMILES string of the molecule is CC(Sc1nnnn1Cc1ccco1)C(=O)Nc1ccccc1F. The molecule has 0 fully saturated rings. The van der Waals surface area contributed by atoms with Crippen LogP contribution < -0.4 is 5.32 Å². The molecule has 1 unspecified atom stereocenters. The van der Waals surface area contributed by atoms with Crippen molar-refractivity contribution in [3.05, 3.63) is 54.2 Å². The van der Waals surface area contributed by atoms with Crippen molar-refractivity contribution in [2.45, 2.75) is 23.9 Å². The highest BCUT2D eigenvalue weighted by molar-refractivity contribution is 8.00. The number of carbonyl (C=O) groups is 1. The Labute approximate surface area is 141 Å². The number of hydrogen-bond donors (Lipinski definition) is 1. The number of aromatic nitrogens is 4. The van der Waals surface area contributed by atoms with Crippen LogP contribution in [-0.4, -0.2) is 31.4 Å². The number of thioether (sulfide) groups is 1. The molecule has 0 saturated carbocycles. The Balaban J connectivity index is 1.64. The molecule has 0 aliphatic heterocycles. The first-order chi connectivity index (χ1) is 11.6. The summed E-state index contributed by atoms with van der Waals surface area (Å²) in [6.45, 7) is 2.07. The number of tetrazole rings is 1. The molecular weight excluding hydrogens is 333 g/mol. The molecule has 124 valence electrons. The summed E-state index contributed by atoms with van der Waals surface area (Å²) in [7, 11) is 0. The average Bonchev–Trinajstić information content (AvgIpc) is 3.22. The third-order valence-electron chi connectivity index (χ3n) is 3.17. The summed E-state index contributed by atoms with van der Waals surface area (Å²) in [5.41, 5.74) is 0.144. The second-order valence-corrected chi connectivity index (χ2v) is 6.24. The number of anilines is 1. The third kappa shape index (κ3) is 3.80. The van der Waals surface area contributed by atoms with E-state index in [1.165, 1.54) is 28.6 Å². The smallest absolute Gasteiger partial charge is 0.237 e. The van der Waals surface area contributed by atoms with Gasteiger partial charge in [0.2, 0.25) is 11.1 Å². The number of carbonyl (C=O) groups excluding carboxylic acids is 1. The average molecular weight is 347 g/mol. The maximum Gasteiger partial charge on any atom is 0.237 e. The minimum Gasteiger partial charge on any atom is -0.467 e. The van der Waals surface area contributed by atoms with E-state index in [9.17, 15) is 9.18 Å². The Morgan fingerprint density at radius 1 is 1.38 bits per heavy atom. The van der Waals surface area contributed by atoms with Gasteiger partial charge < -0.3 is 9.73 Å². The Morgan fingerprint density at radius 2 is 2.21 bits per heavy atom. The van der Waals surface area contributed by atoms with E-state index in [1.54, 1.807) is 31.4 Å². The van der Waals surface area contributed by atoms with E-state index in [0.717, 1.165) is 0 Å². The van der Waals surface area contributed by atoms with Crippen LogP contribution in [0.15, 0.2) is 52.2 Å². The van der Waals surface area contributed by atoms with Crippen molar-refractivity contribution in [1.29, 1.82) is 0 Å².